The maximum absolute atomic E-state index is 9.76. The van der Waals surface area contributed by atoms with Crippen LogP contribution >= 0.6 is 0 Å². The molecule has 5 nitrogen and oxygen atoms in total. The van der Waals surface area contributed by atoms with Crippen LogP contribution in [0.4, 0.5) is 0 Å². The van der Waals surface area contributed by atoms with Gasteiger partial charge < -0.3 is 25.5 Å². The van der Waals surface area contributed by atoms with Crippen molar-refractivity contribution >= 4 is 0 Å². The molecule has 0 saturated carbocycles. The van der Waals surface area contributed by atoms with Crippen molar-refractivity contribution < 1.29 is 58.2 Å². The zero-order valence-corrected chi connectivity index (χ0v) is 26.0. The Hall–Kier alpha value is 0.904. The monoisotopic (exact) mass is 525 g/mol. The molecule has 0 aliphatic rings. The van der Waals surface area contributed by atoms with E-state index in [4.69, 9.17) is 5.11 Å². The van der Waals surface area contributed by atoms with Crippen LogP contribution in [0, 0.1) is 21.7 Å². The first-order chi connectivity index (χ1) is 12.8. The smallest absolute Gasteiger partial charge is 0.0613 e. The Labute approximate surface area is 219 Å². The van der Waals surface area contributed by atoms with E-state index in [0.717, 1.165) is 0 Å². The number of hydrogen-bond acceptors (Lipinski definition) is 5. The van der Waals surface area contributed by atoms with Gasteiger partial charge >= 0.3 is 0 Å². The van der Waals surface area contributed by atoms with E-state index >= 15 is 0 Å². The summed E-state index contributed by atoms with van der Waals surface area (Å²) in [6.07, 6.45) is -1.04. The summed E-state index contributed by atoms with van der Waals surface area (Å²) in [5, 5.41) is 47.1. The van der Waals surface area contributed by atoms with Crippen molar-refractivity contribution in [1.82, 2.24) is 0 Å². The zero-order valence-electron chi connectivity index (χ0n) is 23.1. The molecule has 0 amide bonds. The van der Waals surface area contributed by atoms with Gasteiger partial charge in [-0.1, -0.05) is 83.1 Å². The first-order valence-corrected chi connectivity index (χ1v) is 11.2. The van der Waals surface area contributed by atoms with E-state index in [1.54, 1.807) is 13.8 Å². The van der Waals surface area contributed by atoms with Crippen LogP contribution in [0.3, 0.4) is 0 Å². The van der Waals surface area contributed by atoms with Crippen LogP contribution in [0.2, 0.25) is 0 Å². The maximum atomic E-state index is 9.76. The fourth-order valence-corrected chi connectivity index (χ4v) is 1.84. The Bertz CT molecular complexity index is 348. The molecule has 31 heavy (non-hydrogen) atoms. The molecular weight excluding hydrogens is 469 g/mol. The van der Waals surface area contributed by atoms with Gasteiger partial charge in [0.15, 0.2) is 0 Å². The van der Waals surface area contributed by atoms with E-state index in [9.17, 15) is 20.4 Å². The van der Waals surface area contributed by atoms with Crippen LogP contribution in [0.25, 0.3) is 0 Å². The summed E-state index contributed by atoms with van der Waals surface area (Å²) in [5.74, 6) is 0. The summed E-state index contributed by atoms with van der Waals surface area (Å²) in [6.45, 7) is 27.2. The molecule has 0 saturated heterocycles. The molecular formula is C25H56O5Y. The van der Waals surface area contributed by atoms with Crippen molar-refractivity contribution in [2.24, 2.45) is 21.7 Å². The third-order valence-corrected chi connectivity index (χ3v) is 4.89. The predicted octanol–water partition coefficient (Wildman–Crippen LogP) is 4.77. The van der Waals surface area contributed by atoms with Crippen molar-refractivity contribution in [3.05, 3.63) is 0 Å². The molecule has 4 unspecified atom stereocenters. The average molecular weight is 526 g/mol. The Kier molecular flexibility index (Phi) is 19.9. The van der Waals surface area contributed by atoms with E-state index in [2.05, 4.69) is 0 Å². The Balaban J connectivity index is -0.000000195. The van der Waals surface area contributed by atoms with Crippen LogP contribution in [-0.2, 0) is 32.7 Å². The first kappa shape index (κ1) is 39.1. The molecule has 189 valence electrons. The SMILES string of the molecule is CC(C)(C)C(O)CC(O)C(C)(C)C.CC(C)(C)C(O)CC(O)C(C)(C)C.CC(C)O.[Y]. The maximum Gasteiger partial charge on any atom is 0.0613 e. The summed E-state index contributed by atoms with van der Waals surface area (Å²) in [7, 11) is 0. The molecule has 0 aromatic heterocycles. The minimum atomic E-state index is -0.443. The molecule has 5 N–H and O–H groups in total. The summed E-state index contributed by atoms with van der Waals surface area (Å²) < 4.78 is 0. The second kappa shape index (κ2) is 15.7. The van der Waals surface area contributed by atoms with Gasteiger partial charge in [-0.25, -0.2) is 0 Å². The molecule has 0 aliphatic heterocycles. The van der Waals surface area contributed by atoms with Gasteiger partial charge in [-0.3, -0.25) is 0 Å². The van der Waals surface area contributed by atoms with E-state index < -0.39 is 24.4 Å². The Morgan fingerprint density at radius 3 is 0.581 bits per heavy atom. The molecule has 4 atom stereocenters. The van der Waals surface area contributed by atoms with Gasteiger partial charge in [-0.05, 0) is 35.5 Å². The Morgan fingerprint density at radius 1 is 0.419 bits per heavy atom. The molecule has 0 spiro atoms. The second-order valence-electron chi connectivity index (χ2n) is 13.1. The third-order valence-electron chi connectivity index (χ3n) is 4.89. The standard InChI is InChI=1S/2C11H24O2.C3H8O.Y/c2*1-10(2,3)8(12)7-9(13)11(4,5)6;1-3(2)4;/h2*8-9,12-13H,7H2,1-6H3;3-4H,1-2H3;. The molecule has 0 bridgehead atoms. The summed E-state index contributed by atoms with van der Waals surface area (Å²) in [6, 6.07) is 0. The van der Waals surface area contributed by atoms with Crippen molar-refractivity contribution in [1.29, 1.82) is 0 Å². The van der Waals surface area contributed by atoms with E-state index in [-0.39, 0.29) is 60.5 Å². The largest absolute Gasteiger partial charge is 0.394 e. The normalized spacial score (nSPS) is 16.6. The van der Waals surface area contributed by atoms with Crippen LogP contribution in [-0.4, -0.2) is 56.1 Å². The summed E-state index contributed by atoms with van der Waals surface area (Å²) >= 11 is 0. The molecule has 0 fully saturated rings. The van der Waals surface area contributed by atoms with Crippen LogP contribution in [0.15, 0.2) is 0 Å². The number of aliphatic hydroxyl groups is 5. The molecule has 0 heterocycles. The van der Waals surface area contributed by atoms with Crippen molar-refractivity contribution in [3.63, 3.8) is 0 Å². The second-order valence-corrected chi connectivity index (χ2v) is 13.1. The molecule has 1 radical (unpaired) electrons. The fraction of sp³-hybridized carbons (Fsp3) is 1.00. The summed E-state index contributed by atoms with van der Waals surface area (Å²) in [5.41, 5.74) is -0.586. The molecule has 6 heteroatoms. The number of aliphatic hydroxyl groups excluding tert-OH is 5. The van der Waals surface area contributed by atoms with E-state index in [1.807, 2.05) is 83.1 Å². The van der Waals surface area contributed by atoms with Crippen LogP contribution < -0.4 is 0 Å². The first-order valence-electron chi connectivity index (χ1n) is 11.2. The molecule has 0 aliphatic carbocycles. The van der Waals surface area contributed by atoms with Crippen LogP contribution in [0.1, 0.15) is 110 Å². The molecule has 0 aromatic rings. The van der Waals surface area contributed by atoms with Crippen LogP contribution in [0.5, 0.6) is 0 Å². The van der Waals surface area contributed by atoms with Gasteiger partial charge in [0.25, 0.3) is 0 Å². The number of hydrogen-bond donors (Lipinski definition) is 5. The average Bonchev–Trinajstić information content (AvgIpc) is 2.42. The van der Waals surface area contributed by atoms with Gasteiger partial charge in [0, 0.05) is 51.7 Å². The van der Waals surface area contributed by atoms with Crippen molar-refractivity contribution in [2.75, 3.05) is 0 Å². The minimum Gasteiger partial charge on any atom is -0.394 e. The van der Waals surface area contributed by atoms with Gasteiger partial charge in [0.2, 0.25) is 0 Å². The molecule has 0 aromatic carbocycles. The van der Waals surface area contributed by atoms with Gasteiger partial charge in [0.05, 0.1) is 24.4 Å². The van der Waals surface area contributed by atoms with E-state index in [0.29, 0.717) is 12.8 Å². The van der Waals surface area contributed by atoms with Crippen molar-refractivity contribution in [2.45, 2.75) is 140 Å². The minimum absolute atomic E-state index is 0. The predicted molar refractivity (Wildman–Crippen MR) is 128 cm³/mol. The zero-order chi connectivity index (χ0) is 25.3. The topological polar surface area (TPSA) is 101 Å². The quantitative estimate of drug-likeness (QED) is 0.364. The number of rotatable bonds is 4. The third kappa shape index (κ3) is 23.8. The fourth-order valence-electron chi connectivity index (χ4n) is 1.84. The van der Waals surface area contributed by atoms with E-state index in [1.165, 1.54) is 0 Å². The van der Waals surface area contributed by atoms with Crippen molar-refractivity contribution in [3.8, 4) is 0 Å². The van der Waals surface area contributed by atoms with Gasteiger partial charge in [-0.15, -0.1) is 0 Å². The summed E-state index contributed by atoms with van der Waals surface area (Å²) in [4.78, 5) is 0. The molecule has 0 rings (SSSR count). The van der Waals surface area contributed by atoms with Gasteiger partial charge in [0.1, 0.15) is 0 Å². The Morgan fingerprint density at radius 2 is 0.516 bits per heavy atom. The van der Waals surface area contributed by atoms with Gasteiger partial charge in [-0.2, -0.15) is 0 Å².